The molecule has 4 saturated heterocycles. The zero-order chi connectivity index (χ0) is 33.8. The molecule has 0 saturated carbocycles. The fraction of sp³-hybridized carbons (Fsp3) is 0.342. The van der Waals surface area contributed by atoms with Crippen LogP contribution in [0.15, 0.2) is 120 Å². The smallest absolute Gasteiger partial charge is 0.245 e. The molecule has 0 unspecified atom stereocenters. The van der Waals surface area contributed by atoms with E-state index in [1.54, 1.807) is 41.3 Å². The molecule has 4 aliphatic heterocycles. The fourth-order valence-electron chi connectivity index (χ4n) is 7.71. The molecule has 8 atom stereocenters. The second-order valence-corrected chi connectivity index (χ2v) is 15.0. The van der Waals surface area contributed by atoms with E-state index >= 15 is 4.79 Å². The lowest BCUT2D eigenvalue weighted by atomic mass is 9.85. The lowest BCUT2D eigenvalue weighted by Crippen LogP contribution is -2.60. The Hall–Kier alpha value is -3.94. The van der Waals surface area contributed by atoms with Crippen LogP contribution in [0.5, 0.6) is 0 Å². The highest BCUT2D eigenvalue weighted by Crippen LogP contribution is 2.47. The normalized spacial score (nSPS) is 31.6. The maximum absolute atomic E-state index is 15.2. The molecule has 0 spiro atoms. The van der Waals surface area contributed by atoms with Crippen LogP contribution in [0.1, 0.15) is 41.3 Å². The molecule has 4 heterocycles. The molecule has 8 rings (SSSR count). The molecule has 4 aromatic carbocycles. The number of aryl methyl sites for hydroxylation is 1. The Morgan fingerprint density at radius 2 is 1.22 bits per heavy atom. The topological polar surface area (TPSA) is 115 Å². The Balaban J connectivity index is 1.19. The Bertz CT molecular complexity index is 1830. The molecule has 1 amide bonds. The number of hydrogen-bond donors (Lipinski definition) is 1. The zero-order valence-electron chi connectivity index (χ0n) is 26.9. The summed E-state index contributed by atoms with van der Waals surface area (Å²) in [7, 11) is -4.21. The first-order valence-electron chi connectivity index (χ1n) is 16.6. The lowest BCUT2D eigenvalue weighted by Gasteiger charge is -2.41. The minimum Gasteiger partial charge on any atom is -0.383 e. The molecule has 4 aromatic rings. The van der Waals surface area contributed by atoms with Crippen molar-refractivity contribution in [2.45, 2.75) is 66.8 Å². The zero-order valence-corrected chi connectivity index (χ0v) is 27.8. The van der Waals surface area contributed by atoms with Crippen LogP contribution in [0.2, 0.25) is 0 Å². The summed E-state index contributed by atoms with van der Waals surface area (Å²) in [5, 5.41) is 12.5. The summed E-state index contributed by atoms with van der Waals surface area (Å²) in [6.45, 7) is 2.05. The molecule has 1 N–H and O–H groups in total. The van der Waals surface area contributed by atoms with Crippen LogP contribution < -0.4 is 0 Å². The predicted octanol–water partition coefficient (Wildman–Crippen LogP) is 4.45. The van der Waals surface area contributed by atoms with Gasteiger partial charge in [-0.15, -0.1) is 0 Å². The van der Waals surface area contributed by atoms with Gasteiger partial charge in [0.15, 0.2) is 12.6 Å². The highest BCUT2D eigenvalue weighted by Gasteiger charge is 2.63. The predicted molar refractivity (Wildman–Crippen MR) is 178 cm³/mol. The third-order valence-electron chi connectivity index (χ3n) is 10.2. The minimum absolute atomic E-state index is 0.0285. The van der Waals surface area contributed by atoms with Gasteiger partial charge in [0, 0.05) is 17.7 Å². The van der Waals surface area contributed by atoms with Crippen LogP contribution in [-0.2, 0) is 39.4 Å². The van der Waals surface area contributed by atoms with Crippen LogP contribution in [0, 0.1) is 6.92 Å². The standard InChI is InChI=1S/C38H38N2O8S/c1-25-17-19-29(20-18-25)49(43,44)39-22-21-38(42,28-15-9-4-10-16-28)34(39)35(41)40-30-23-45-36(26-11-5-2-6-12-26)47-32(30)33-31(40)24-46-37(48-33)27-13-7-3-8-14-27/h2-20,30-34,36-37,42H,21-24H2,1H3/t30-,31-,32+,33+,34-,36+,37+,38+/m0/s1. The number of carbonyl (C=O) groups excluding carboxylic acids is 1. The van der Waals surface area contributed by atoms with Gasteiger partial charge < -0.3 is 29.0 Å². The van der Waals surface area contributed by atoms with Crippen molar-refractivity contribution in [2.24, 2.45) is 0 Å². The number of benzene rings is 4. The number of carbonyl (C=O) groups is 1. The molecule has 49 heavy (non-hydrogen) atoms. The fourth-order valence-corrected chi connectivity index (χ4v) is 9.33. The molecule has 4 aliphatic rings. The van der Waals surface area contributed by atoms with E-state index in [9.17, 15) is 13.5 Å². The van der Waals surface area contributed by atoms with E-state index < -0.39 is 64.4 Å². The second kappa shape index (κ2) is 12.7. The molecule has 0 radical (unpaired) electrons. The average Bonchev–Trinajstić information content (AvgIpc) is 3.68. The van der Waals surface area contributed by atoms with Crippen LogP contribution in [-0.4, -0.2) is 78.7 Å². The van der Waals surface area contributed by atoms with E-state index in [0.717, 1.165) is 21.0 Å². The number of amides is 1. The first-order valence-corrected chi connectivity index (χ1v) is 18.0. The van der Waals surface area contributed by atoms with Gasteiger partial charge >= 0.3 is 0 Å². The molecular formula is C38H38N2O8S. The van der Waals surface area contributed by atoms with Gasteiger partial charge in [-0.25, -0.2) is 8.42 Å². The second-order valence-electron chi connectivity index (χ2n) is 13.1. The Labute approximate surface area is 285 Å². The maximum Gasteiger partial charge on any atom is 0.245 e. The van der Waals surface area contributed by atoms with Crippen molar-refractivity contribution in [1.82, 2.24) is 9.21 Å². The molecular weight excluding hydrogens is 644 g/mol. The number of aliphatic hydroxyl groups is 1. The van der Waals surface area contributed by atoms with Gasteiger partial charge in [-0.2, -0.15) is 4.31 Å². The van der Waals surface area contributed by atoms with E-state index in [-0.39, 0.29) is 31.1 Å². The van der Waals surface area contributed by atoms with E-state index in [2.05, 4.69) is 0 Å². The van der Waals surface area contributed by atoms with Crippen LogP contribution in [0.4, 0.5) is 0 Å². The van der Waals surface area contributed by atoms with Crippen molar-refractivity contribution in [2.75, 3.05) is 19.8 Å². The number of nitrogens with zero attached hydrogens (tertiary/aromatic N) is 2. The van der Waals surface area contributed by atoms with E-state index in [0.29, 0.717) is 5.56 Å². The van der Waals surface area contributed by atoms with Crippen molar-refractivity contribution in [1.29, 1.82) is 0 Å². The Kier molecular flexibility index (Phi) is 8.40. The third kappa shape index (κ3) is 5.59. The van der Waals surface area contributed by atoms with E-state index in [1.807, 2.05) is 73.7 Å². The molecule has 0 aliphatic carbocycles. The van der Waals surface area contributed by atoms with Crippen LogP contribution in [0.25, 0.3) is 0 Å². The number of likely N-dealkylation sites (tertiary alicyclic amines) is 1. The van der Waals surface area contributed by atoms with Gasteiger partial charge in [0.05, 0.1) is 30.2 Å². The maximum atomic E-state index is 15.2. The monoisotopic (exact) mass is 682 g/mol. The summed E-state index contributed by atoms with van der Waals surface area (Å²) in [4.78, 5) is 16.9. The van der Waals surface area contributed by atoms with Gasteiger partial charge in [-0.05, 0) is 31.0 Å². The summed E-state index contributed by atoms with van der Waals surface area (Å²) in [6.07, 6.45) is -2.58. The number of fused-ring (bicyclic) bond motifs is 3. The summed E-state index contributed by atoms with van der Waals surface area (Å²) in [5.74, 6) is -0.558. The van der Waals surface area contributed by atoms with Gasteiger partial charge in [0.1, 0.15) is 23.9 Å². The summed E-state index contributed by atoms with van der Waals surface area (Å²) in [6, 6.07) is 31.7. The molecule has 11 heteroatoms. The minimum atomic E-state index is -4.21. The molecule has 4 fully saturated rings. The number of ether oxygens (including phenoxy) is 4. The summed E-state index contributed by atoms with van der Waals surface area (Å²) < 4.78 is 55.5. The largest absolute Gasteiger partial charge is 0.383 e. The number of hydrogen-bond acceptors (Lipinski definition) is 8. The van der Waals surface area contributed by atoms with Crippen molar-refractivity contribution < 1.29 is 37.3 Å². The van der Waals surface area contributed by atoms with Crippen molar-refractivity contribution >= 4 is 15.9 Å². The summed E-state index contributed by atoms with van der Waals surface area (Å²) in [5.41, 5.74) is 1.22. The molecule has 0 bridgehead atoms. The summed E-state index contributed by atoms with van der Waals surface area (Å²) >= 11 is 0. The highest BCUT2D eigenvalue weighted by atomic mass is 32.2. The third-order valence-corrected chi connectivity index (χ3v) is 12.1. The van der Waals surface area contributed by atoms with Crippen molar-refractivity contribution in [3.63, 3.8) is 0 Å². The van der Waals surface area contributed by atoms with Gasteiger partial charge in [-0.3, -0.25) is 4.79 Å². The van der Waals surface area contributed by atoms with E-state index in [4.69, 9.17) is 18.9 Å². The van der Waals surface area contributed by atoms with E-state index in [1.165, 1.54) is 12.1 Å². The Morgan fingerprint density at radius 3 is 1.73 bits per heavy atom. The molecule has 254 valence electrons. The van der Waals surface area contributed by atoms with Crippen molar-refractivity contribution in [3.05, 3.63) is 138 Å². The molecule has 0 aromatic heterocycles. The first-order chi connectivity index (χ1) is 23.8. The SMILES string of the molecule is Cc1ccc(S(=O)(=O)N2CC[C@@](O)(c3ccccc3)[C@@H]2C(=O)N2[C@H]3CO[C@@H](c4ccccc4)O[C@H]3[C@@H]3O[C@H](c4ccccc4)OC[C@@H]32)cc1. The molecule has 10 nitrogen and oxygen atoms in total. The van der Waals surface area contributed by atoms with Crippen LogP contribution in [0.3, 0.4) is 0 Å². The van der Waals surface area contributed by atoms with Crippen LogP contribution >= 0.6 is 0 Å². The van der Waals surface area contributed by atoms with Crippen molar-refractivity contribution in [3.8, 4) is 0 Å². The number of sulfonamides is 1. The average molecular weight is 683 g/mol. The lowest BCUT2D eigenvalue weighted by molar-refractivity contribution is -0.278. The van der Waals surface area contributed by atoms with Gasteiger partial charge in [0.2, 0.25) is 15.9 Å². The number of rotatable bonds is 6. The Morgan fingerprint density at radius 1 is 0.735 bits per heavy atom. The van der Waals surface area contributed by atoms with Gasteiger partial charge in [0.25, 0.3) is 0 Å². The first kappa shape index (κ1) is 32.3. The quantitative estimate of drug-likeness (QED) is 0.318. The van der Waals surface area contributed by atoms with Gasteiger partial charge in [-0.1, -0.05) is 109 Å². The highest BCUT2D eigenvalue weighted by molar-refractivity contribution is 7.89.